The minimum atomic E-state index is -3.18. The Kier molecular flexibility index (Phi) is 3.74. The molecule has 2 fully saturated rings. The SMILES string of the molecule is CS(=O)(=O)N1CCC[C@@H]2CN3CCc4ccc(F)cc4[C@H]3C[C@@H]21. The standard InChI is InChI=1S/C17H23FN2O2S/c1-23(21,22)20-7-2-3-13-11-19-8-6-12-4-5-14(18)9-15(12)17(19)10-16(13)20/h4-5,9,13,16-17H,2-3,6-8,10-11H2,1H3/t13-,16+,17-/m1/s1. The van der Waals surface area contributed by atoms with E-state index in [1.807, 2.05) is 6.07 Å². The van der Waals surface area contributed by atoms with Crippen LogP contribution in [0.25, 0.3) is 0 Å². The van der Waals surface area contributed by atoms with E-state index < -0.39 is 10.0 Å². The molecule has 2 saturated heterocycles. The molecule has 6 heteroatoms. The molecule has 1 aromatic carbocycles. The van der Waals surface area contributed by atoms with E-state index in [9.17, 15) is 12.8 Å². The highest BCUT2D eigenvalue weighted by Crippen LogP contribution is 2.43. The number of nitrogens with zero attached hydrogens (tertiary/aromatic N) is 2. The zero-order valence-corrected chi connectivity index (χ0v) is 14.2. The Labute approximate surface area is 137 Å². The van der Waals surface area contributed by atoms with Crippen LogP contribution in [0.2, 0.25) is 0 Å². The number of rotatable bonds is 1. The fourth-order valence-electron chi connectivity index (χ4n) is 4.78. The van der Waals surface area contributed by atoms with E-state index in [1.54, 1.807) is 10.4 Å². The summed E-state index contributed by atoms with van der Waals surface area (Å²) in [5, 5.41) is 0. The van der Waals surface area contributed by atoms with Crippen LogP contribution in [0.1, 0.15) is 36.4 Å². The Morgan fingerprint density at radius 3 is 2.87 bits per heavy atom. The summed E-state index contributed by atoms with van der Waals surface area (Å²) in [6.07, 6.45) is 5.09. The molecule has 0 bridgehead atoms. The quantitative estimate of drug-likeness (QED) is 0.788. The van der Waals surface area contributed by atoms with Crippen LogP contribution in [0, 0.1) is 11.7 Å². The molecule has 4 rings (SSSR count). The van der Waals surface area contributed by atoms with Crippen LogP contribution in [0.3, 0.4) is 0 Å². The molecular weight excluding hydrogens is 315 g/mol. The van der Waals surface area contributed by atoms with E-state index in [-0.39, 0.29) is 17.9 Å². The minimum absolute atomic E-state index is 0.0641. The van der Waals surface area contributed by atoms with Gasteiger partial charge in [0.1, 0.15) is 5.82 Å². The fourth-order valence-corrected chi connectivity index (χ4v) is 5.99. The molecule has 0 saturated carbocycles. The highest BCUT2D eigenvalue weighted by atomic mass is 32.2. The summed E-state index contributed by atoms with van der Waals surface area (Å²) in [5.74, 6) is 0.209. The van der Waals surface area contributed by atoms with Crippen molar-refractivity contribution in [2.45, 2.75) is 37.8 Å². The van der Waals surface area contributed by atoms with Gasteiger partial charge in [-0.1, -0.05) is 6.07 Å². The molecule has 0 N–H and O–H groups in total. The number of fused-ring (bicyclic) bond motifs is 4. The van der Waals surface area contributed by atoms with Gasteiger partial charge < -0.3 is 0 Å². The average Bonchev–Trinajstić information content (AvgIpc) is 2.51. The lowest BCUT2D eigenvalue weighted by Crippen LogP contribution is -2.57. The Hall–Kier alpha value is -0.980. The Morgan fingerprint density at radius 1 is 1.26 bits per heavy atom. The number of hydrogen-bond donors (Lipinski definition) is 0. The maximum absolute atomic E-state index is 13.7. The van der Waals surface area contributed by atoms with E-state index in [1.165, 1.54) is 17.9 Å². The molecule has 0 spiro atoms. The Morgan fingerprint density at radius 2 is 2.09 bits per heavy atom. The predicted octanol–water partition coefficient (Wildman–Crippen LogP) is 2.17. The van der Waals surface area contributed by atoms with Crippen LogP contribution in [0.5, 0.6) is 0 Å². The average molecular weight is 338 g/mol. The number of hydrogen-bond acceptors (Lipinski definition) is 3. The second kappa shape index (κ2) is 5.53. The molecular formula is C17H23FN2O2S. The summed E-state index contributed by atoms with van der Waals surface area (Å²) in [6.45, 7) is 2.55. The highest BCUT2D eigenvalue weighted by molar-refractivity contribution is 7.88. The van der Waals surface area contributed by atoms with Gasteiger partial charge in [0, 0.05) is 31.7 Å². The largest absolute Gasteiger partial charge is 0.296 e. The first-order valence-electron chi connectivity index (χ1n) is 8.42. The lowest BCUT2D eigenvalue weighted by atomic mass is 9.77. The monoisotopic (exact) mass is 338 g/mol. The molecule has 0 aromatic heterocycles. The van der Waals surface area contributed by atoms with E-state index in [0.29, 0.717) is 12.5 Å². The van der Waals surface area contributed by atoms with Crippen LogP contribution in [0.15, 0.2) is 18.2 Å². The number of halogens is 1. The van der Waals surface area contributed by atoms with Gasteiger partial charge in [-0.2, -0.15) is 4.31 Å². The first kappa shape index (κ1) is 15.5. The van der Waals surface area contributed by atoms with Crippen LogP contribution in [-0.2, 0) is 16.4 Å². The zero-order chi connectivity index (χ0) is 16.2. The summed E-state index contributed by atoms with van der Waals surface area (Å²) < 4.78 is 39.7. The minimum Gasteiger partial charge on any atom is -0.296 e. The normalized spacial score (nSPS) is 32.0. The van der Waals surface area contributed by atoms with E-state index in [2.05, 4.69) is 4.90 Å². The molecule has 0 amide bonds. The summed E-state index contributed by atoms with van der Waals surface area (Å²) in [5.41, 5.74) is 2.28. The third-order valence-corrected chi connectivity index (χ3v) is 7.11. The van der Waals surface area contributed by atoms with E-state index in [4.69, 9.17) is 0 Å². The second-order valence-electron chi connectivity index (χ2n) is 7.18. The van der Waals surface area contributed by atoms with Crippen molar-refractivity contribution < 1.29 is 12.8 Å². The summed E-state index contributed by atoms with van der Waals surface area (Å²) in [7, 11) is -3.18. The number of piperidine rings is 2. The van der Waals surface area contributed by atoms with Crippen LogP contribution in [-0.4, -0.2) is 49.6 Å². The smallest absolute Gasteiger partial charge is 0.211 e. The molecule has 3 atom stereocenters. The molecule has 126 valence electrons. The van der Waals surface area contributed by atoms with Crippen molar-refractivity contribution >= 4 is 10.0 Å². The third kappa shape index (κ3) is 2.71. The first-order chi connectivity index (χ1) is 10.9. The van der Waals surface area contributed by atoms with E-state index in [0.717, 1.165) is 44.3 Å². The van der Waals surface area contributed by atoms with Crippen molar-refractivity contribution in [3.05, 3.63) is 35.1 Å². The zero-order valence-electron chi connectivity index (χ0n) is 13.4. The summed E-state index contributed by atoms with van der Waals surface area (Å²) >= 11 is 0. The molecule has 0 radical (unpaired) electrons. The van der Waals surface area contributed by atoms with Crippen molar-refractivity contribution in [2.75, 3.05) is 25.9 Å². The van der Waals surface area contributed by atoms with Crippen molar-refractivity contribution in [3.63, 3.8) is 0 Å². The predicted molar refractivity (Wildman–Crippen MR) is 87.1 cm³/mol. The molecule has 4 nitrogen and oxygen atoms in total. The Bertz CT molecular complexity index is 721. The molecule has 3 aliphatic heterocycles. The number of benzene rings is 1. The Balaban J connectivity index is 1.69. The summed E-state index contributed by atoms with van der Waals surface area (Å²) in [4.78, 5) is 2.44. The van der Waals surface area contributed by atoms with Gasteiger partial charge in [0.2, 0.25) is 10.0 Å². The van der Waals surface area contributed by atoms with Gasteiger partial charge in [-0.3, -0.25) is 4.90 Å². The molecule has 0 unspecified atom stereocenters. The highest BCUT2D eigenvalue weighted by Gasteiger charge is 2.44. The van der Waals surface area contributed by atoms with Gasteiger partial charge in [0.05, 0.1) is 6.26 Å². The van der Waals surface area contributed by atoms with Crippen molar-refractivity contribution in [3.8, 4) is 0 Å². The van der Waals surface area contributed by atoms with Gasteiger partial charge in [-0.05, 0) is 54.9 Å². The van der Waals surface area contributed by atoms with Gasteiger partial charge in [0.25, 0.3) is 0 Å². The van der Waals surface area contributed by atoms with E-state index >= 15 is 0 Å². The fraction of sp³-hybridized carbons (Fsp3) is 0.647. The van der Waals surface area contributed by atoms with Gasteiger partial charge >= 0.3 is 0 Å². The van der Waals surface area contributed by atoms with Crippen molar-refractivity contribution in [1.82, 2.24) is 9.21 Å². The first-order valence-corrected chi connectivity index (χ1v) is 10.3. The van der Waals surface area contributed by atoms with Crippen molar-refractivity contribution in [2.24, 2.45) is 5.92 Å². The maximum atomic E-state index is 13.7. The van der Waals surface area contributed by atoms with Gasteiger partial charge in [-0.15, -0.1) is 0 Å². The molecule has 3 aliphatic rings. The van der Waals surface area contributed by atoms with Gasteiger partial charge in [0.15, 0.2) is 0 Å². The second-order valence-corrected chi connectivity index (χ2v) is 9.12. The van der Waals surface area contributed by atoms with Crippen LogP contribution < -0.4 is 0 Å². The van der Waals surface area contributed by atoms with Crippen molar-refractivity contribution in [1.29, 1.82) is 0 Å². The van der Waals surface area contributed by atoms with Gasteiger partial charge in [-0.25, -0.2) is 12.8 Å². The molecule has 3 heterocycles. The molecule has 0 aliphatic carbocycles. The summed E-state index contributed by atoms with van der Waals surface area (Å²) in [6, 6.07) is 5.29. The lowest BCUT2D eigenvalue weighted by molar-refractivity contribution is 0.0221. The molecule has 23 heavy (non-hydrogen) atoms. The maximum Gasteiger partial charge on any atom is 0.211 e. The molecule has 1 aromatic rings. The third-order valence-electron chi connectivity index (χ3n) is 5.80. The lowest BCUT2D eigenvalue weighted by Gasteiger charge is -2.51. The van der Waals surface area contributed by atoms with Crippen LogP contribution >= 0.6 is 0 Å². The van der Waals surface area contributed by atoms with Crippen LogP contribution in [0.4, 0.5) is 4.39 Å². The topological polar surface area (TPSA) is 40.6 Å². The number of sulfonamides is 1.